The van der Waals surface area contributed by atoms with Gasteiger partial charge in [-0.2, -0.15) is 5.26 Å². The van der Waals surface area contributed by atoms with Gasteiger partial charge < -0.3 is 10.4 Å². The second-order valence-corrected chi connectivity index (χ2v) is 4.78. The van der Waals surface area contributed by atoms with E-state index in [1.54, 1.807) is 0 Å². The number of fused-ring (bicyclic) bond motifs is 1. The molecule has 2 atom stereocenters. The van der Waals surface area contributed by atoms with E-state index in [9.17, 15) is 5.26 Å². The number of anilines is 1. The third-order valence-electron chi connectivity index (χ3n) is 3.35. The molecule has 4 heteroatoms. The van der Waals surface area contributed by atoms with Gasteiger partial charge in [0.2, 0.25) is 0 Å². The molecule has 98 valence electrons. The van der Waals surface area contributed by atoms with Crippen LogP contribution < -0.4 is 5.32 Å². The number of para-hydroxylation sites is 1. The number of nitrogens with zero attached hydrogens (tertiary/aromatic N) is 2. The van der Waals surface area contributed by atoms with Crippen molar-refractivity contribution in [3.8, 4) is 6.07 Å². The Labute approximate surface area is 112 Å². The van der Waals surface area contributed by atoms with E-state index < -0.39 is 0 Å². The van der Waals surface area contributed by atoms with Crippen molar-refractivity contribution in [2.75, 3.05) is 11.9 Å². The van der Waals surface area contributed by atoms with Gasteiger partial charge in [-0.1, -0.05) is 25.1 Å². The summed E-state index contributed by atoms with van der Waals surface area (Å²) in [5.41, 5.74) is 1.38. The van der Waals surface area contributed by atoms with Gasteiger partial charge in [0.05, 0.1) is 11.1 Å². The van der Waals surface area contributed by atoms with Crippen LogP contribution >= 0.6 is 0 Å². The Morgan fingerprint density at radius 3 is 2.79 bits per heavy atom. The highest BCUT2D eigenvalue weighted by Crippen LogP contribution is 2.21. The summed E-state index contributed by atoms with van der Waals surface area (Å²) in [6.07, 6.45) is 0. The number of benzene rings is 1. The Balaban J connectivity index is 2.39. The van der Waals surface area contributed by atoms with E-state index in [-0.39, 0.29) is 18.6 Å². The zero-order valence-electron chi connectivity index (χ0n) is 11.1. The summed E-state index contributed by atoms with van der Waals surface area (Å²) >= 11 is 0. The van der Waals surface area contributed by atoms with Crippen molar-refractivity contribution >= 4 is 16.7 Å². The maximum atomic E-state index is 9.21. The SMILES string of the molecule is CC(CO)C(C)Nc1nc2ccccc2cc1C#N. The molecule has 1 heterocycles. The molecule has 0 saturated heterocycles. The molecule has 0 spiro atoms. The van der Waals surface area contributed by atoms with Crippen LogP contribution in [0.3, 0.4) is 0 Å². The monoisotopic (exact) mass is 255 g/mol. The summed E-state index contributed by atoms with van der Waals surface area (Å²) in [7, 11) is 0. The summed E-state index contributed by atoms with van der Waals surface area (Å²) in [5.74, 6) is 0.675. The third-order valence-corrected chi connectivity index (χ3v) is 3.35. The van der Waals surface area contributed by atoms with Gasteiger partial charge in [-0.3, -0.25) is 0 Å². The van der Waals surface area contributed by atoms with Crippen LogP contribution in [0, 0.1) is 17.2 Å². The van der Waals surface area contributed by atoms with Gasteiger partial charge in [-0.05, 0) is 25.0 Å². The Morgan fingerprint density at radius 1 is 1.37 bits per heavy atom. The minimum Gasteiger partial charge on any atom is -0.396 e. The lowest BCUT2D eigenvalue weighted by Crippen LogP contribution is -2.27. The van der Waals surface area contributed by atoms with Crippen molar-refractivity contribution in [2.24, 2.45) is 5.92 Å². The summed E-state index contributed by atoms with van der Waals surface area (Å²) in [4.78, 5) is 4.49. The first-order valence-electron chi connectivity index (χ1n) is 6.33. The minimum absolute atomic E-state index is 0.0470. The fraction of sp³-hybridized carbons (Fsp3) is 0.333. The lowest BCUT2D eigenvalue weighted by atomic mass is 10.0. The van der Waals surface area contributed by atoms with Crippen LogP contribution in [0.15, 0.2) is 30.3 Å². The van der Waals surface area contributed by atoms with Gasteiger partial charge in [0.15, 0.2) is 0 Å². The van der Waals surface area contributed by atoms with E-state index in [4.69, 9.17) is 5.11 Å². The van der Waals surface area contributed by atoms with Gasteiger partial charge in [0.25, 0.3) is 0 Å². The van der Waals surface area contributed by atoms with E-state index in [2.05, 4.69) is 16.4 Å². The summed E-state index contributed by atoms with van der Waals surface area (Å²) in [6.45, 7) is 4.02. The fourth-order valence-electron chi connectivity index (χ4n) is 1.83. The third kappa shape index (κ3) is 2.83. The molecule has 2 rings (SSSR count). The first-order chi connectivity index (χ1) is 9.15. The van der Waals surface area contributed by atoms with Gasteiger partial charge in [0.1, 0.15) is 11.9 Å². The molecular weight excluding hydrogens is 238 g/mol. The van der Waals surface area contributed by atoms with E-state index in [0.717, 1.165) is 10.9 Å². The molecule has 0 aliphatic heterocycles. The van der Waals surface area contributed by atoms with Crippen LogP contribution in [0.2, 0.25) is 0 Å². The predicted molar refractivity (Wildman–Crippen MR) is 75.8 cm³/mol. The first-order valence-corrected chi connectivity index (χ1v) is 6.33. The van der Waals surface area contributed by atoms with Gasteiger partial charge in [-0.25, -0.2) is 4.98 Å². The number of hydrogen-bond donors (Lipinski definition) is 2. The fourth-order valence-corrected chi connectivity index (χ4v) is 1.83. The molecule has 1 aromatic heterocycles. The van der Waals surface area contributed by atoms with Crippen molar-refractivity contribution in [3.05, 3.63) is 35.9 Å². The van der Waals surface area contributed by atoms with Crippen LogP contribution in [-0.4, -0.2) is 22.7 Å². The molecule has 19 heavy (non-hydrogen) atoms. The molecule has 0 radical (unpaired) electrons. The first kappa shape index (κ1) is 13.3. The lowest BCUT2D eigenvalue weighted by molar-refractivity contribution is 0.226. The average molecular weight is 255 g/mol. The standard InChI is InChI=1S/C15H17N3O/c1-10(9-19)11(2)17-15-13(8-16)7-12-5-3-4-6-14(12)18-15/h3-7,10-11,19H,9H2,1-2H3,(H,17,18). The van der Waals surface area contributed by atoms with Gasteiger partial charge >= 0.3 is 0 Å². The van der Waals surface area contributed by atoms with E-state index in [1.165, 1.54) is 0 Å². The minimum atomic E-state index is 0.0470. The Hall–Kier alpha value is -2.12. The number of nitriles is 1. The molecule has 1 aromatic carbocycles. The molecule has 0 aliphatic carbocycles. The van der Waals surface area contributed by atoms with Gasteiger partial charge in [0, 0.05) is 18.0 Å². The highest BCUT2D eigenvalue weighted by molar-refractivity contribution is 5.82. The van der Waals surface area contributed by atoms with E-state index in [1.807, 2.05) is 44.2 Å². The van der Waals surface area contributed by atoms with Gasteiger partial charge in [-0.15, -0.1) is 0 Å². The van der Waals surface area contributed by atoms with Crippen molar-refractivity contribution in [1.82, 2.24) is 4.98 Å². The number of pyridine rings is 1. The van der Waals surface area contributed by atoms with Crippen LogP contribution in [0.5, 0.6) is 0 Å². The molecule has 0 saturated carbocycles. The number of aromatic nitrogens is 1. The molecule has 0 bridgehead atoms. The molecule has 2 N–H and O–H groups in total. The zero-order valence-corrected chi connectivity index (χ0v) is 11.1. The lowest BCUT2D eigenvalue weighted by Gasteiger charge is -2.20. The quantitative estimate of drug-likeness (QED) is 0.880. The van der Waals surface area contributed by atoms with Crippen molar-refractivity contribution < 1.29 is 5.11 Å². The van der Waals surface area contributed by atoms with Crippen LogP contribution in [-0.2, 0) is 0 Å². The maximum absolute atomic E-state index is 9.21. The summed E-state index contributed by atoms with van der Waals surface area (Å²) < 4.78 is 0. The summed E-state index contributed by atoms with van der Waals surface area (Å²) in [6, 6.07) is 11.7. The molecule has 0 aliphatic rings. The summed E-state index contributed by atoms with van der Waals surface area (Å²) in [5, 5.41) is 22.5. The second kappa shape index (κ2) is 5.68. The van der Waals surface area contributed by atoms with Crippen molar-refractivity contribution in [1.29, 1.82) is 5.26 Å². The van der Waals surface area contributed by atoms with E-state index >= 15 is 0 Å². The highest BCUT2D eigenvalue weighted by atomic mass is 16.3. The normalized spacial score (nSPS) is 13.8. The molecule has 2 aromatic rings. The molecular formula is C15H17N3O. The number of nitrogens with one attached hydrogen (secondary N) is 1. The number of hydrogen-bond acceptors (Lipinski definition) is 4. The molecule has 0 fully saturated rings. The Bertz CT molecular complexity index is 618. The zero-order chi connectivity index (χ0) is 13.8. The van der Waals surface area contributed by atoms with E-state index in [0.29, 0.717) is 11.4 Å². The van der Waals surface area contributed by atoms with Crippen LogP contribution in [0.1, 0.15) is 19.4 Å². The number of aliphatic hydroxyl groups is 1. The topological polar surface area (TPSA) is 68.9 Å². The predicted octanol–water partition coefficient (Wildman–Crippen LogP) is 2.54. The second-order valence-electron chi connectivity index (χ2n) is 4.78. The molecule has 2 unspecified atom stereocenters. The van der Waals surface area contributed by atoms with Crippen molar-refractivity contribution in [2.45, 2.75) is 19.9 Å². The largest absolute Gasteiger partial charge is 0.396 e. The van der Waals surface area contributed by atoms with Crippen LogP contribution in [0.25, 0.3) is 10.9 Å². The Morgan fingerprint density at radius 2 is 2.11 bits per heavy atom. The highest BCUT2D eigenvalue weighted by Gasteiger charge is 2.14. The average Bonchev–Trinajstić information content (AvgIpc) is 2.45. The molecule has 4 nitrogen and oxygen atoms in total. The molecule has 0 amide bonds. The Kier molecular flexibility index (Phi) is 3.98. The number of rotatable bonds is 4. The van der Waals surface area contributed by atoms with Crippen molar-refractivity contribution in [3.63, 3.8) is 0 Å². The number of aliphatic hydroxyl groups excluding tert-OH is 1. The maximum Gasteiger partial charge on any atom is 0.144 e. The van der Waals surface area contributed by atoms with Crippen LogP contribution in [0.4, 0.5) is 5.82 Å². The smallest absolute Gasteiger partial charge is 0.144 e.